The van der Waals surface area contributed by atoms with Crippen molar-refractivity contribution in [2.45, 2.75) is 25.2 Å². The van der Waals surface area contributed by atoms with Crippen LogP contribution in [-0.2, 0) is 0 Å². The molecule has 104 valence electrons. The quantitative estimate of drug-likeness (QED) is 0.899. The molecular formula is C15H20ClNO2. The van der Waals surface area contributed by atoms with Crippen LogP contribution in [0.15, 0.2) is 12.1 Å². The van der Waals surface area contributed by atoms with E-state index < -0.39 is 0 Å². The van der Waals surface area contributed by atoms with E-state index in [-0.39, 0.29) is 0 Å². The summed E-state index contributed by atoms with van der Waals surface area (Å²) in [5.74, 6) is 2.80. The molecule has 4 heteroatoms. The molecule has 1 saturated carbocycles. The minimum absolute atomic E-state index is 0.428. The first-order valence-corrected chi connectivity index (χ1v) is 7.37. The van der Waals surface area contributed by atoms with E-state index in [1.165, 1.54) is 12.8 Å². The lowest BCUT2D eigenvalue weighted by molar-refractivity contribution is 0.276. The van der Waals surface area contributed by atoms with Gasteiger partial charge >= 0.3 is 0 Å². The molecule has 2 aliphatic rings. The molecule has 0 spiro atoms. The Hall–Kier alpha value is -0.930. The van der Waals surface area contributed by atoms with Gasteiger partial charge in [0.2, 0.25) is 0 Å². The average Bonchev–Trinajstić information content (AvgIpc) is 3.10. The van der Waals surface area contributed by atoms with Crippen LogP contribution in [-0.4, -0.2) is 26.8 Å². The van der Waals surface area contributed by atoms with Crippen LogP contribution < -0.4 is 14.8 Å². The number of benzene rings is 1. The zero-order chi connectivity index (χ0) is 13.2. The third-order valence-corrected chi connectivity index (χ3v) is 4.29. The molecule has 1 heterocycles. The summed E-state index contributed by atoms with van der Waals surface area (Å²) in [7, 11) is 1.68. The molecule has 0 amide bonds. The number of hydrogen-bond donors (Lipinski definition) is 1. The van der Waals surface area contributed by atoms with Gasteiger partial charge in [0, 0.05) is 23.0 Å². The Bertz CT molecular complexity index is 454. The van der Waals surface area contributed by atoms with Crippen LogP contribution in [0.3, 0.4) is 0 Å². The predicted octanol–water partition coefficient (Wildman–Crippen LogP) is 3.21. The van der Waals surface area contributed by atoms with Crippen LogP contribution in [0.4, 0.5) is 0 Å². The molecule has 1 saturated heterocycles. The number of nitrogens with one attached hydrogen (secondary N) is 1. The third-order valence-electron chi connectivity index (χ3n) is 3.96. The third kappa shape index (κ3) is 2.82. The van der Waals surface area contributed by atoms with Crippen molar-refractivity contribution in [3.8, 4) is 11.5 Å². The normalized spacial score (nSPS) is 22.5. The smallest absolute Gasteiger partial charge is 0.166 e. The highest BCUT2D eigenvalue weighted by atomic mass is 35.5. The molecule has 1 N–H and O–H groups in total. The second-order valence-electron chi connectivity index (χ2n) is 5.44. The summed E-state index contributed by atoms with van der Waals surface area (Å²) in [6.45, 7) is 2.79. The van der Waals surface area contributed by atoms with Crippen molar-refractivity contribution in [3.05, 3.63) is 22.7 Å². The fourth-order valence-corrected chi connectivity index (χ4v) is 2.94. The van der Waals surface area contributed by atoms with Crippen LogP contribution in [0.1, 0.15) is 30.7 Å². The van der Waals surface area contributed by atoms with Crippen molar-refractivity contribution >= 4 is 11.6 Å². The zero-order valence-corrected chi connectivity index (χ0v) is 12.0. The topological polar surface area (TPSA) is 30.5 Å². The van der Waals surface area contributed by atoms with Gasteiger partial charge in [-0.1, -0.05) is 11.6 Å². The van der Waals surface area contributed by atoms with Crippen LogP contribution in [0, 0.1) is 5.92 Å². The number of methoxy groups -OCH3 is 1. The van der Waals surface area contributed by atoms with E-state index in [0.29, 0.717) is 5.92 Å². The first-order chi connectivity index (χ1) is 9.29. The van der Waals surface area contributed by atoms with Gasteiger partial charge < -0.3 is 14.8 Å². The number of rotatable bonds is 5. The number of hydrogen-bond acceptors (Lipinski definition) is 3. The molecule has 0 radical (unpaired) electrons. The number of halogens is 1. The van der Waals surface area contributed by atoms with Crippen molar-refractivity contribution < 1.29 is 9.47 Å². The van der Waals surface area contributed by atoms with Crippen LogP contribution >= 0.6 is 11.6 Å². The van der Waals surface area contributed by atoms with E-state index in [1.54, 1.807) is 7.11 Å². The maximum atomic E-state index is 6.41. The summed E-state index contributed by atoms with van der Waals surface area (Å²) in [6, 6.07) is 3.81. The van der Waals surface area contributed by atoms with E-state index in [4.69, 9.17) is 21.1 Å². The maximum Gasteiger partial charge on any atom is 0.166 e. The molecule has 1 aliphatic carbocycles. The van der Waals surface area contributed by atoms with Crippen LogP contribution in [0.2, 0.25) is 5.02 Å². The Morgan fingerprint density at radius 1 is 1.32 bits per heavy atom. The fraction of sp³-hybridized carbons (Fsp3) is 0.600. The SMILES string of the molecule is COc1ccc(Cl)c(C2CCNC2)c1OCC1CC1. The Morgan fingerprint density at radius 2 is 2.16 bits per heavy atom. The van der Waals surface area contributed by atoms with E-state index in [9.17, 15) is 0 Å². The summed E-state index contributed by atoms with van der Waals surface area (Å²) in [6.07, 6.45) is 3.67. The minimum Gasteiger partial charge on any atom is -0.493 e. The summed E-state index contributed by atoms with van der Waals surface area (Å²) < 4.78 is 11.5. The Balaban J connectivity index is 1.92. The van der Waals surface area contributed by atoms with Gasteiger partial charge in [-0.05, 0) is 43.9 Å². The summed E-state index contributed by atoms with van der Waals surface area (Å²) in [5, 5.41) is 4.18. The molecule has 0 bridgehead atoms. The molecule has 1 unspecified atom stereocenters. The second-order valence-corrected chi connectivity index (χ2v) is 5.84. The lowest BCUT2D eigenvalue weighted by atomic mass is 9.97. The monoisotopic (exact) mass is 281 g/mol. The van der Waals surface area contributed by atoms with Crippen molar-refractivity contribution in [1.82, 2.24) is 5.32 Å². The molecule has 1 aromatic rings. The number of ether oxygens (including phenoxy) is 2. The molecule has 2 fully saturated rings. The molecule has 1 aromatic carbocycles. The Morgan fingerprint density at radius 3 is 2.79 bits per heavy atom. The summed E-state index contributed by atoms with van der Waals surface area (Å²) in [4.78, 5) is 0. The Kier molecular flexibility index (Phi) is 3.85. The standard InChI is InChI=1S/C15H20ClNO2/c1-18-13-5-4-12(16)14(11-6-7-17-8-11)15(13)19-9-10-2-3-10/h4-5,10-11,17H,2-3,6-9H2,1H3. The molecule has 0 aromatic heterocycles. The van der Waals surface area contributed by atoms with Gasteiger partial charge in [0.25, 0.3) is 0 Å². The second kappa shape index (κ2) is 5.59. The van der Waals surface area contributed by atoms with Gasteiger partial charge in [-0.25, -0.2) is 0 Å². The zero-order valence-electron chi connectivity index (χ0n) is 11.2. The van der Waals surface area contributed by atoms with Gasteiger partial charge in [-0.2, -0.15) is 0 Å². The first-order valence-electron chi connectivity index (χ1n) is 6.99. The van der Waals surface area contributed by atoms with Gasteiger partial charge in [0.15, 0.2) is 11.5 Å². The van der Waals surface area contributed by atoms with E-state index in [0.717, 1.165) is 54.1 Å². The van der Waals surface area contributed by atoms with E-state index in [2.05, 4.69) is 5.32 Å². The van der Waals surface area contributed by atoms with Gasteiger partial charge in [-0.15, -0.1) is 0 Å². The highest BCUT2D eigenvalue weighted by Crippen LogP contribution is 2.43. The summed E-state index contributed by atoms with van der Waals surface area (Å²) in [5.41, 5.74) is 1.12. The predicted molar refractivity (Wildman–Crippen MR) is 76.5 cm³/mol. The van der Waals surface area contributed by atoms with Crippen LogP contribution in [0.25, 0.3) is 0 Å². The van der Waals surface area contributed by atoms with Crippen molar-refractivity contribution in [3.63, 3.8) is 0 Å². The van der Waals surface area contributed by atoms with E-state index in [1.807, 2.05) is 12.1 Å². The largest absolute Gasteiger partial charge is 0.493 e. The van der Waals surface area contributed by atoms with Crippen molar-refractivity contribution in [2.24, 2.45) is 5.92 Å². The molecule has 1 aliphatic heterocycles. The summed E-state index contributed by atoms with van der Waals surface area (Å²) >= 11 is 6.41. The molecule has 3 nitrogen and oxygen atoms in total. The van der Waals surface area contributed by atoms with Crippen LogP contribution in [0.5, 0.6) is 11.5 Å². The highest BCUT2D eigenvalue weighted by molar-refractivity contribution is 6.31. The Labute approximate surface area is 119 Å². The lowest BCUT2D eigenvalue weighted by Gasteiger charge is -2.20. The fourth-order valence-electron chi connectivity index (χ4n) is 2.63. The van der Waals surface area contributed by atoms with Crippen molar-refractivity contribution in [2.75, 3.05) is 26.8 Å². The maximum absolute atomic E-state index is 6.41. The molecule has 19 heavy (non-hydrogen) atoms. The van der Waals surface area contributed by atoms with Crippen molar-refractivity contribution in [1.29, 1.82) is 0 Å². The average molecular weight is 282 g/mol. The minimum atomic E-state index is 0.428. The lowest BCUT2D eigenvalue weighted by Crippen LogP contribution is -2.11. The highest BCUT2D eigenvalue weighted by Gasteiger charge is 2.28. The van der Waals surface area contributed by atoms with Gasteiger partial charge in [0.05, 0.1) is 13.7 Å². The van der Waals surface area contributed by atoms with Gasteiger partial charge in [0.1, 0.15) is 0 Å². The van der Waals surface area contributed by atoms with Gasteiger partial charge in [-0.3, -0.25) is 0 Å². The molecular weight excluding hydrogens is 262 g/mol. The van der Waals surface area contributed by atoms with E-state index >= 15 is 0 Å². The molecule has 3 rings (SSSR count). The molecule has 1 atom stereocenters. The first kappa shape index (κ1) is 13.1.